The standard InChI is InChI=1S/C17H20Cl2N2O/c1-17(2,3)21-9-7-12(8-10-21)20-16(22)11-13-14(18)5-4-6-15(13)19/h4-9H,10-11H2,1-3H3,(H,20,22). The third-order valence-electron chi connectivity index (χ3n) is 3.49. The van der Waals surface area contributed by atoms with E-state index in [1.807, 2.05) is 18.4 Å². The number of rotatable bonds is 3. The molecule has 2 rings (SSSR count). The van der Waals surface area contributed by atoms with Crippen molar-refractivity contribution in [1.29, 1.82) is 0 Å². The van der Waals surface area contributed by atoms with Crippen LogP contribution >= 0.6 is 23.2 Å². The number of amides is 1. The first-order valence-electron chi connectivity index (χ1n) is 7.15. The summed E-state index contributed by atoms with van der Waals surface area (Å²) in [5.41, 5.74) is 1.52. The first-order valence-corrected chi connectivity index (χ1v) is 7.91. The van der Waals surface area contributed by atoms with Gasteiger partial charge in [-0.15, -0.1) is 0 Å². The maximum absolute atomic E-state index is 12.1. The Hall–Kier alpha value is -1.45. The van der Waals surface area contributed by atoms with Crippen LogP contribution in [0.15, 0.2) is 42.2 Å². The maximum Gasteiger partial charge on any atom is 0.228 e. The van der Waals surface area contributed by atoms with Crippen molar-refractivity contribution in [2.45, 2.75) is 32.7 Å². The fraction of sp³-hybridized carbons (Fsp3) is 0.353. The van der Waals surface area contributed by atoms with E-state index in [2.05, 4.69) is 31.0 Å². The Morgan fingerprint density at radius 3 is 2.41 bits per heavy atom. The van der Waals surface area contributed by atoms with E-state index < -0.39 is 0 Å². The average Bonchev–Trinajstić information content (AvgIpc) is 2.43. The summed E-state index contributed by atoms with van der Waals surface area (Å²) in [7, 11) is 0. The lowest BCUT2D eigenvalue weighted by atomic mass is 10.1. The van der Waals surface area contributed by atoms with Crippen molar-refractivity contribution < 1.29 is 4.79 Å². The molecule has 1 aliphatic heterocycles. The van der Waals surface area contributed by atoms with Gasteiger partial charge in [0, 0.05) is 34.0 Å². The first-order chi connectivity index (χ1) is 10.3. The Bertz CT molecular complexity index is 610. The molecule has 0 aliphatic carbocycles. The number of nitrogens with zero attached hydrogens (tertiary/aromatic N) is 1. The van der Waals surface area contributed by atoms with Gasteiger partial charge < -0.3 is 10.2 Å². The van der Waals surface area contributed by atoms with Gasteiger partial charge >= 0.3 is 0 Å². The molecule has 0 bridgehead atoms. The number of nitrogens with one attached hydrogen (secondary N) is 1. The van der Waals surface area contributed by atoms with Crippen LogP contribution in [0, 0.1) is 0 Å². The van der Waals surface area contributed by atoms with Gasteiger partial charge in [0.2, 0.25) is 5.91 Å². The molecule has 22 heavy (non-hydrogen) atoms. The second-order valence-electron chi connectivity index (χ2n) is 6.22. The molecular weight excluding hydrogens is 319 g/mol. The summed E-state index contributed by atoms with van der Waals surface area (Å²) in [6.45, 7) is 7.21. The van der Waals surface area contributed by atoms with E-state index in [0.717, 1.165) is 12.2 Å². The van der Waals surface area contributed by atoms with E-state index in [1.54, 1.807) is 18.2 Å². The fourth-order valence-electron chi connectivity index (χ4n) is 2.15. The predicted octanol–water partition coefficient (Wildman–Crippen LogP) is 4.16. The van der Waals surface area contributed by atoms with Crippen molar-refractivity contribution in [3.63, 3.8) is 0 Å². The van der Waals surface area contributed by atoms with Crippen molar-refractivity contribution >= 4 is 29.1 Å². The van der Waals surface area contributed by atoms with Gasteiger partial charge in [0.25, 0.3) is 0 Å². The number of carbonyl (C=O) groups excluding carboxylic acids is 1. The molecule has 5 heteroatoms. The Balaban J connectivity index is 1.97. The zero-order chi connectivity index (χ0) is 16.3. The van der Waals surface area contributed by atoms with Crippen LogP contribution in [-0.2, 0) is 11.2 Å². The van der Waals surface area contributed by atoms with Crippen LogP contribution in [0.2, 0.25) is 10.0 Å². The fourth-order valence-corrected chi connectivity index (χ4v) is 2.68. The minimum absolute atomic E-state index is 0.0631. The molecule has 0 spiro atoms. The van der Waals surface area contributed by atoms with Gasteiger partial charge in [0.05, 0.1) is 6.42 Å². The molecule has 0 saturated carbocycles. The van der Waals surface area contributed by atoms with Crippen molar-refractivity contribution in [3.05, 3.63) is 57.9 Å². The lowest BCUT2D eigenvalue weighted by molar-refractivity contribution is -0.119. The van der Waals surface area contributed by atoms with E-state index in [-0.39, 0.29) is 17.9 Å². The van der Waals surface area contributed by atoms with Gasteiger partial charge in [-0.2, -0.15) is 0 Å². The topological polar surface area (TPSA) is 32.3 Å². The highest BCUT2D eigenvalue weighted by Crippen LogP contribution is 2.24. The van der Waals surface area contributed by atoms with Gasteiger partial charge in [-0.25, -0.2) is 0 Å². The molecule has 0 radical (unpaired) electrons. The van der Waals surface area contributed by atoms with Crippen LogP contribution in [0.5, 0.6) is 0 Å². The lowest BCUT2D eigenvalue weighted by Gasteiger charge is -2.35. The highest BCUT2D eigenvalue weighted by atomic mass is 35.5. The minimum Gasteiger partial charge on any atom is -0.369 e. The summed E-state index contributed by atoms with van der Waals surface area (Å²) in [4.78, 5) is 14.3. The molecule has 1 heterocycles. The molecular formula is C17H20Cl2N2O. The smallest absolute Gasteiger partial charge is 0.228 e. The highest BCUT2D eigenvalue weighted by molar-refractivity contribution is 6.36. The summed E-state index contributed by atoms with van der Waals surface area (Å²) < 4.78 is 0. The summed E-state index contributed by atoms with van der Waals surface area (Å²) in [5, 5.41) is 3.90. The number of hydrogen-bond donors (Lipinski definition) is 1. The molecule has 1 N–H and O–H groups in total. The second-order valence-corrected chi connectivity index (χ2v) is 7.04. The van der Waals surface area contributed by atoms with Crippen molar-refractivity contribution in [1.82, 2.24) is 10.2 Å². The summed E-state index contributed by atoms with van der Waals surface area (Å²) >= 11 is 12.2. The third kappa shape index (κ3) is 4.28. The number of halogens is 2. The molecule has 1 aromatic rings. The Morgan fingerprint density at radius 1 is 1.27 bits per heavy atom. The number of carbonyl (C=O) groups is 1. The molecule has 1 aliphatic rings. The molecule has 118 valence electrons. The number of allylic oxidation sites excluding steroid dienone is 1. The zero-order valence-corrected chi connectivity index (χ0v) is 14.5. The van der Waals surface area contributed by atoms with Crippen molar-refractivity contribution in [2.24, 2.45) is 0 Å². The molecule has 0 saturated heterocycles. The van der Waals surface area contributed by atoms with E-state index in [0.29, 0.717) is 15.6 Å². The minimum atomic E-state index is -0.130. The Labute approximate surface area is 141 Å². The van der Waals surface area contributed by atoms with Crippen LogP contribution in [0.4, 0.5) is 0 Å². The van der Waals surface area contributed by atoms with Crippen LogP contribution in [0.1, 0.15) is 26.3 Å². The largest absolute Gasteiger partial charge is 0.369 e. The van der Waals surface area contributed by atoms with E-state index in [1.165, 1.54) is 0 Å². The summed E-state index contributed by atoms with van der Waals surface area (Å²) in [6.07, 6.45) is 6.06. The van der Waals surface area contributed by atoms with Gasteiger partial charge in [-0.3, -0.25) is 4.79 Å². The molecule has 3 nitrogen and oxygen atoms in total. The van der Waals surface area contributed by atoms with Crippen LogP contribution in [-0.4, -0.2) is 22.9 Å². The van der Waals surface area contributed by atoms with Gasteiger partial charge in [-0.05, 0) is 50.6 Å². The van der Waals surface area contributed by atoms with Crippen molar-refractivity contribution in [2.75, 3.05) is 6.54 Å². The summed E-state index contributed by atoms with van der Waals surface area (Å²) in [5.74, 6) is -0.130. The normalized spacial score (nSPS) is 14.8. The molecule has 0 unspecified atom stereocenters. The van der Waals surface area contributed by atoms with E-state index >= 15 is 0 Å². The van der Waals surface area contributed by atoms with Gasteiger partial charge in [0.1, 0.15) is 0 Å². The van der Waals surface area contributed by atoms with Crippen LogP contribution in [0.3, 0.4) is 0 Å². The molecule has 1 amide bonds. The quantitative estimate of drug-likeness (QED) is 0.897. The molecule has 0 fully saturated rings. The molecule has 0 aromatic heterocycles. The van der Waals surface area contributed by atoms with Crippen LogP contribution in [0.25, 0.3) is 0 Å². The molecule has 1 aromatic carbocycles. The number of benzene rings is 1. The Kier molecular flexibility index (Phi) is 5.20. The van der Waals surface area contributed by atoms with E-state index in [4.69, 9.17) is 23.2 Å². The van der Waals surface area contributed by atoms with E-state index in [9.17, 15) is 4.79 Å². The van der Waals surface area contributed by atoms with Crippen molar-refractivity contribution in [3.8, 4) is 0 Å². The maximum atomic E-state index is 12.1. The number of hydrogen-bond acceptors (Lipinski definition) is 2. The zero-order valence-electron chi connectivity index (χ0n) is 13.0. The third-order valence-corrected chi connectivity index (χ3v) is 4.19. The molecule has 0 atom stereocenters. The Morgan fingerprint density at radius 2 is 1.91 bits per heavy atom. The first kappa shape index (κ1) is 16.9. The highest BCUT2D eigenvalue weighted by Gasteiger charge is 2.19. The lowest BCUT2D eigenvalue weighted by Crippen LogP contribution is -2.39. The van der Waals surface area contributed by atoms with Crippen LogP contribution < -0.4 is 5.32 Å². The average molecular weight is 339 g/mol. The monoisotopic (exact) mass is 338 g/mol. The SMILES string of the molecule is CC(C)(C)N1C=CC(NC(=O)Cc2c(Cl)cccc2Cl)=CC1. The predicted molar refractivity (Wildman–Crippen MR) is 92.0 cm³/mol. The van der Waals surface area contributed by atoms with Gasteiger partial charge in [-0.1, -0.05) is 29.3 Å². The van der Waals surface area contributed by atoms with Gasteiger partial charge in [0.15, 0.2) is 0 Å². The summed E-state index contributed by atoms with van der Waals surface area (Å²) in [6, 6.07) is 5.23. The second kappa shape index (κ2) is 6.76.